The Kier molecular flexibility index (Phi) is 6.36. The van der Waals surface area contributed by atoms with Gasteiger partial charge < -0.3 is 0 Å². The predicted molar refractivity (Wildman–Crippen MR) is 117 cm³/mol. The number of benzene rings is 2. The quantitative estimate of drug-likeness (QED) is 0.437. The monoisotopic (exact) mass is 454 g/mol. The number of rotatable bonds is 8. The van der Waals surface area contributed by atoms with Crippen molar-refractivity contribution in [2.24, 2.45) is 0 Å². The van der Waals surface area contributed by atoms with Gasteiger partial charge in [-0.1, -0.05) is 35.9 Å². The number of nitrogens with zero attached hydrogens (tertiary/aromatic N) is 5. The number of tetrazole rings is 1. The van der Waals surface area contributed by atoms with Gasteiger partial charge in [-0.15, -0.1) is 5.10 Å². The normalized spacial score (nSPS) is 11.7. The topological polar surface area (TPSA) is 105 Å². The van der Waals surface area contributed by atoms with Crippen LogP contribution in [0.5, 0.6) is 0 Å². The van der Waals surface area contributed by atoms with Crippen molar-refractivity contribution in [3.8, 4) is 11.4 Å². The van der Waals surface area contributed by atoms with E-state index in [2.05, 4.69) is 25.6 Å². The van der Waals surface area contributed by atoms with Gasteiger partial charge in [-0.05, 0) is 64.4 Å². The first kappa shape index (κ1) is 21.1. The van der Waals surface area contributed by atoms with E-state index in [4.69, 9.17) is 11.6 Å². The third-order valence-electron chi connectivity index (χ3n) is 4.78. The number of aromatic amines is 1. The van der Waals surface area contributed by atoms with Gasteiger partial charge >= 0.3 is 0 Å². The largest absolute Gasteiger partial charge is 0.265 e. The molecule has 4 rings (SSSR count). The highest BCUT2D eigenvalue weighted by molar-refractivity contribution is 7.89. The Bertz CT molecular complexity index is 1220. The Labute approximate surface area is 185 Å². The molecule has 2 aromatic carbocycles. The molecule has 0 saturated heterocycles. The van der Waals surface area contributed by atoms with E-state index in [9.17, 15) is 8.42 Å². The lowest BCUT2D eigenvalue weighted by Crippen LogP contribution is -2.32. The van der Waals surface area contributed by atoms with Crippen molar-refractivity contribution in [1.82, 2.24) is 29.9 Å². The summed E-state index contributed by atoms with van der Waals surface area (Å²) in [7, 11) is -3.72. The number of sulfonamides is 1. The lowest BCUT2D eigenvalue weighted by atomic mass is 10.1. The lowest BCUT2D eigenvalue weighted by molar-refractivity contribution is 0.409. The van der Waals surface area contributed by atoms with E-state index in [1.54, 1.807) is 24.5 Å². The van der Waals surface area contributed by atoms with E-state index in [1.165, 1.54) is 16.4 Å². The van der Waals surface area contributed by atoms with Crippen LogP contribution in [-0.4, -0.2) is 44.9 Å². The molecule has 158 valence electrons. The summed E-state index contributed by atoms with van der Waals surface area (Å²) in [5, 5.41) is 14.2. The van der Waals surface area contributed by atoms with Gasteiger partial charge in [0.15, 0.2) is 5.82 Å². The van der Waals surface area contributed by atoms with Crippen LogP contribution in [0.15, 0.2) is 78.0 Å². The molecular formula is C21H19ClN6O2S. The molecule has 0 aliphatic rings. The Hall–Kier alpha value is -3.14. The molecule has 0 atom stereocenters. The van der Waals surface area contributed by atoms with Crippen molar-refractivity contribution in [1.29, 1.82) is 0 Å². The van der Waals surface area contributed by atoms with Crippen molar-refractivity contribution in [2.75, 3.05) is 6.54 Å². The van der Waals surface area contributed by atoms with E-state index < -0.39 is 10.0 Å². The van der Waals surface area contributed by atoms with E-state index in [1.807, 2.05) is 36.4 Å². The molecule has 0 aliphatic carbocycles. The molecule has 0 radical (unpaired) electrons. The summed E-state index contributed by atoms with van der Waals surface area (Å²) in [6.45, 7) is 0.549. The molecule has 4 aromatic rings. The van der Waals surface area contributed by atoms with Crippen LogP contribution in [0.2, 0.25) is 5.02 Å². The number of halogens is 1. The summed E-state index contributed by atoms with van der Waals surface area (Å²) in [6, 6.07) is 17.4. The third kappa shape index (κ3) is 5.13. The summed E-state index contributed by atoms with van der Waals surface area (Å²) in [4.78, 5) is 4.22. The fourth-order valence-corrected chi connectivity index (χ4v) is 4.65. The number of H-pyrrole nitrogens is 1. The van der Waals surface area contributed by atoms with Gasteiger partial charge in [0.2, 0.25) is 10.0 Å². The zero-order valence-corrected chi connectivity index (χ0v) is 18.0. The number of hydrogen-bond donors (Lipinski definition) is 1. The molecule has 10 heteroatoms. The van der Waals surface area contributed by atoms with Crippen LogP contribution < -0.4 is 0 Å². The fourth-order valence-electron chi connectivity index (χ4n) is 3.10. The van der Waals surface area contributed by atoms with Crippen LogP contribution in [0.25, 0.3) is 11.4 Å². The van der Waals surface area contributed by atoms with Gasteiger partial charge in [0.05, 0.1) is 4.90 Å². The summed E-state index contributed by atoms with van der Waals surface area (Å²) < 4.78 is 28.2. The van der Waals surface area contributed by atoms with Crippen molar-refractivity contribution < 1.29 is 8.42 Å². The predicted octanol–water partition coefficient (Wildman–Crippen LogP) is 3.35. The van der Waals surface area contributed by atoms with Crippen molar-refractivity contribution in [3.05, 3.63) is 89.2 Å². The maximum Gasteiger partial charge on any atom is 0.243 e. The molecule has 2 heterocycles. The number of nitrogens with one attached hydrogen (secondary N) is 1. The molecule has 0 amide bonds. The molecule has 8 nitrogen and oxygen atoms in total. The summed E-state index contributed by atoms with van der Waals surface area (Å²) >= 11 is 5.94. The average molecular weight is 455 g/mol. The molecule has 0 unspecified atom stereocenters. The highest BCUT2D eigenvalue weighted by Crippen LogP contribution is 2.22. The van der Waals surface area contributed by atoms with Crippen LogP contribution in [0, 0.1) is 0 Å². The van der Waals surface area contributed by atoms with Crippen molar-refractivity contribution in [2.45, 2.75) is 17.9 Å². The van der Waals surface area contributed by atoms with E-state index in [-0.39, 0.29) is 11.4 Å². The maximum atomic E-state index is 13.4. The first-order chi connectivity index (χ1) is 15.0. The number of pyridine rings is 1. The first-order valence-corrected chi connectivity index (χ1v) is 11.3. The standard InChI is InChI=1S/C21H19ClN6O2S/c22-19-5-7-20(8-6-19)31(29,30)28(14-11-16-9-12-23-13-10-16)15-17-1-3-18(4-2-17)21-24-26-27-25-21/h1-10,12-13H,11,14-15H2,(H,24,25,26,27). The molecule has 0 spiro atoms. The Morgan fingerprint density at radius 2 is 1.61 bits per heavy atom. The molecule has 31 heavy (non-hydrogen) atoms. The second kappa shape index (κ2) is 9.34. The number of aromatic nitrogens is 5. The summed E-state index contributed by atoms with van der Waals surface area (Å²) in [6.07, 6.45) is 3.96. The molecule has 0 saturated carbocycles. The molecular weight excluding hydrogens is 436 g/mol. The SMILES string of the molecule is O=S(=O)(c1ccc(Cl)cc1)N(CCc1ccncc1)Cc1ccc(-c2nnn[nH]2)cc1. The molecule has 0 aliphatic heterocycles. The minimum Gasteiger partial charge on any atom is -0.265 e. The highest BCUT2D eigenvalue weighted by atomic mass is 35.5. The van der Waals surface area contributed by atoms with Gasteiger partial charge in [0.25, 0.3) is 0 Å². The van der Waals surface area contributed by atoms with Crippen LogP contribution in [0.1, 0.15) is 11.1 Å². The Morgan fingerprint density at radius 1 is 0.903 bits per heavy atom. The van der Waals surface area contributed by atoms with Crippen LogP contribution in [0.4, 0.5) is 0 Å². The van der Waals surface area contributed by atoms with Gasteiger partial charge in [-0.2, -0.15) is 4.31 Å². The Balaban J connectivity index is 1.59. The van der Waals surface area contributed by atoms with Crippen LogP contribution >= 0.6 is 11.6 Å². The van der Waals surface area contributed by atoms with Gasteiger partial charge in [0, 0.05) is 36.1 Å². The summed E-state index contributed by atoms with van der Waals surface area (Å²) in [5.74, 6) is 0.551. The second-order valence-corrected chi connectivity index (χ2v) is 9.22. The van der Waals surface area contributed by atoms with Gasteiger partial charge in [-0.25, -0.2) is 13.5 Å². The van der Waals surface area contributed by atoms with Crippen LogP contribution in [-0.2, 0) is 23.0 Å². The van der Waals surface area contributed by atoms with Crippen LogP contribution in [0.3, 0.4) is 0 Å². The fraction of sp³-hybridized carbons (Fsp3) is 0.143. The number of hydrogen-bond acceptors (Lipinski definition) is 6. The van der Waals surface area contributed by atoms with Crippen molar-refractivity contribution >= 4 is 21.6 Å². The highest BCUT2D eigenvalue weighted by Gasteiger charge is 2.24. The lowest BCUT2D eigenvalue weighted by Gasteiger charge is -2.22. The first-order valence-electron chi connectivity index (χ1n) is 9.50. The van der Waals surface area contributed by atoms with Gasteiger partial charge in [-0.3, -0.25) is 4.98 Å². The zero-order chi connectivity index (χ0) is 21.7. The minimum absolute atomic E-state index is 0.205. The zero-order valence-electron chi connectivity index (χ0n) is 16.4. The maximum absolute atomic E-state index is 13.4. The molecule has 2 aromatic heterocycles. The van der Waals surface area contributed by atoms with Crippen molar-refractivity contribution in [3.63, 3.8) is 0 Å². The van der Waals surface area contributed by atoms with Gasteiger partial charge in [0.1, 0.15) is 0 Å². The Morgan fingerprint density at radius 3 is 2.26 bits per heavy atom. The third-order valence-corrected chi connectivity index (χ3v) is 6.89. The summed E-state index contributed by atoms with van der Waals surface area (Å²) in [5.41, 5.74) is 2.68. The molecule has 1 N–H and O–H groups in total. The van der Waals surface area contributed by atoms with E-state index in [0.717, 1.165) is 16.7 Å². The van der Waals surface area contributed by atoms with E-state index in [0.29, 0.717) is 23.8 Å². The second-order valence-electron chi connectivity index (χ2n) is 6.84. The van der Waals surface area contributed by atoms with E-state index >= 15 is 0 Å². The minimum atomic E-state index is -3.72. The molecule has 0 bridgehead atoms. The average Bonchev–Trinajstić information content (AvgIpc) is 3.33. The molecule has 0 fully saturated rings. The smallest absolute Gasteiger partial charge is 0.243 e.